The number of aryl methyl sites for hydroxylation is 3. The number of rotatable bonds is 6. The smallest absolute Gasteiger partial charge is 0.258 e. The molecule has 0 fully saturated rings. The third-order valence-electron chi connectivity index (χ3n) is 3.74. The van der Waals surface area contributed by atoms with Gasteiger partial charge in [0.15, 0.2) is 6.61 Å². The van der Waals surface area contributed by atoms with Crippen molar-refractivity contribution < 1.29 is 13.9 Å². The summed E-state index contributed by atoms with van der Waals surface area (Å²) in [5.41, 5.74) is 3.30. The third kappa shape index (κ3) is 4.58. The molecule has 0 radical (unpaired) electrons. The van der Waals surface area contributed by atoms with E-state index in [2.05, 4.69) is 31.1 Å². The Morgan fingerprint density at radius 1 is 1.30 bits per heavy atom. The van der Waals surface area contributed by atoms with Crippen molar-refractivity contribution in [3.8, 4) is 5.75 Å². The average molecular weight is 316 g/mol. The van der Waals surface area contributed by atoms with Gasteiger partial charge >= 0.3 is 0 Å². The van der Waals surface area contributed by atoms with Gasteiger partial charge in [0.05, 0.1) is 12.2 Å². The van der Waals surface area contributed by atoms with Gasteiger partial charge in [0.1, 0.15) is 11.5 Å². The maximum Gasteiger partial charge on any atom is 0.258 e. The molecule has 0 unspecified atom stereocenters. The first-order valence-corrected chi connectivity index (χ1v) is 7.79. The number of nitrogens with zero attached hydrogens (tertiary/aromatic N) is 1. The molecule has 0 aliphatic rings. The fourth-order valence-electron chi connectivity index (χ4n) is 2.37. The maximum absolute atomic E-state index is 11.8. The Bertz CT molecular complexity index is 670. The second-order valence-corrected chi connectivity index (χ2v) is 5.99. The number of carbonyl (C=O) groups excluding carboxylic acids is 1. The molecule has 0 spiro atoms. The number of hydrogen-bond donors (Lipinski definition) is 1. The zero-order valence-corrected chi connectivity index (χ0v) is 14.4. The van der Waals surface area contributed by atoms with Gasteiger partial charge < -0.3 is 14.5 Å². The molecule has 2 aromatic rings. The Kier molecular flexibility index (Phi) is 5.42. The van der Waals surface area contributed by atoms with Crippen LogP contribution in [0.1, 0.15) is 48.2 Å². The molecule has 1 aromatic heterocycles. The molecule has 0 bridgehead atoms. The molecule has 0 aliphatic carbocycles. The summed E-state index contributed by atoms with van der Waals surface area (Å²) in [6.45, 7) is 10.3. The highest BCUT2D eigenvalue weighted by Crippen LogP contribution is 2.23. The Labute approximate surface area is 137 Å². The molecule has 0 atom stereocenters. The molecule has 5 nitrogen and oxygen atoms in total. The van der Waals surface area contributed by atoms with Crippen molar-refractivity contribution in [1.29, 1.82) is 0 Å². The van der Waals surface area contributed by atoms with Crippen molar-refractivity contribution >= 4 is 5.91 Å². The van der Waals surface area contributed by atoms with E-state index in [1.807, 2.05) is 32.0 Å². The maximum atomic E-state index is 11.8. The Hall–Kier alpha value is -2.30. The van der Waals surface area contributed by atoms with E-state index in [1.165, 1.54) is 11.1 Å². The van der Waals surface area contributed by atoms with Crippen molar-refractivity contribution in [2.45, 2.75) is 47.1 Å². The standard InChI is InChI=1S/C18H24N2O3/c1-11(2)16-7-6-15(8-12(16)3)22-10-17(21)19-9-18-20-13(4)14(5)23-18/h6-8,11H,9-10H2,1-5H3,(H,19,21). The molecule has 1 aromatic carbocycles. The Morgan fingerprint density at radius 2 is 2.04 bits per heavy atom. The largest absolute Gasteiger partial charge is 0.484 e. The van der Waals surface area contributed by atoms with Crippen LogP contribution in [0.5, 0.6) is 5.75 Å². The van der Waals surface area contributed by atoms with Gasteiger partial charge in [-0.05, 0) is 49.9 Å². The summed E-state index contributed by atoms with van der Waals surface area (Å²) in [5.74, 6) is 2.24. The van der Waals surface area contributed by atoms with E-state index in [4.69, 9.17) is 9.15 Å². The molecule has 0 aliphatic heterocycles. The summed E-state index contributed by atoms with van der Waals surface area (Å²) < 4.78 is 10.9. The van der Waals surface area contributed by atoms with Gasteiger partial charge in [-0.3, -0.25) is 4.79 Å². The van der Waals surface area contributed by atoms with Crippen LogP contribution in [0.25, 0.3) is 0 Å². The molecule has 1 amide bonds. The first-order valence-electron chi connectivity index (χ1n) is 7.79. The minimum atomic E-state index is -0.205. The number of aromatic nitrogens is 1. The van der Waals surface area contributed by atoms with Crippen LogP contribution in [0, 0.1) is 20.8 Å². The van der Waals surface area contributed by atoms with E-state index in [1.54, 1.807) is 0 Å². The lowest BCUT2D eigenvalue weighted by Crippen LogP contribution is -2.28. The highest BCUT2D eigenvalue weighted by atomic mass is 16.5. The predicted molar refractivity (Wildman–Crippen MR) is 88.6 cm³/mol. The molecule has 0 saturated carbocycles. The monoisotopic (exact) mass is 316 g/mol. The fraction of sp³-hybridized carbons (Fsp3) is 0.444. The number of amides is 1. The zero-order chi connectivity index (χ0) is 17.0. The Morgan fingerprint density at radius 3 is 2.61 bits per heavy atom. The summed E-state index contributed by atoms with van der Waals surface area (Å²) in [6.07, 6.45) is 0. The lowest BCUT2D eigenvalue weighted by atomic mass is 9.98. The van der Waals surface area contributed by atoms with Crippen LogP contribution in [-0.4, -0.2) is 17.5 Å². The van der Waals surface area contributed by atoms with Crippen LogP contribution in [-0.2, 0) is 11.3 Å². The number of benzene rings is 1. The summed E-state index contributed by atoms with van der Waals surface area (Å²) >= 11 is 0. The summed E-state index contributed by atoms with van der Waals surface area (Å²) in [4.78, 5) is 16.1. The van der Waals surface area contributed by atoms with Gasteiger partial charge in [-0.2, -0.15) is 0 Å². The van der Waals surface area contributed by atoms with Crippen molar-refractivity contribution in [3.63, 3.8) is 0 Å². The second kappa shape index (κ2) is 7.31. The van der Waals surface area contributed by atoms with Crippen LogP contribution >= 0.6 is 0 Å². The quantitative estimate of drug-likeness (QED) is 0.887. The number of hydrogen-bond acceptors (Lipinski definition) is 4. The van der Waals surface area contributed by atoms with E-state index in [0.29, 0.717) is 17.6 Å². The van der Waals surface area contributed by atoms with E-state index >= 15 is 0 Å². The number of carbonyl (C=O) groups is 1. The van der Waals surface area contributed by atoms with E-state index in [0.717, 1.165) is 11.5 Å². The Balaban J connectivity index is 1.83. The number of ether oxygens (including phenoxy) is 1. The lowest BCUT2D eigenvalue weighted by molar-refractivity contribution is -0.123. The van der Waals surface area contributed by atoms with Crippen molar-refractivity contribution in [2.24, 2.45) is 0 Å². The average Bonchev–Trinajstić information content (AvgIpc) is 2.81. The van der Waals surface area contributed by atoms with Crippen molar-refractivity contribution in [2.75, 3.05) is 6.61 Å². The van der Waals surface area contributed by atoms with Gasteiger partial charge in [0.2, 0.25) is 5.89 Å². The van der Waals surface area contributed by atoms with Crippen LogP contribution in [0.4, 0.5) is 0 Å². The van der Waals surface area contributed by atoms with Crippen LogP contribution in [0.15, 0.2) is 22.6 Å². The van der Waals surface area contributed by atoms with Gasteiger partial charge in [-0.15, -0.1) is 0 Å². The second-order valence-electron chi connectivity index (χ2n) is 5.99. The molecule has 23 heavy (non-hydrogen) atoms. The fourth-order valence-corrected chi connectivity index (χ4v) is 2.37. The number of oxazole rings is 1. The highest BCUT2D eigenvalue weighted by molar-refractivity contribution is 5.77. The normalized spacial score (nSPS) is 10.9. The zero-order valence-electron chi connectivity index (χ0n) is 14.4. The summed E-state index contributed by atoms with van der Waals surface area (Å²) in [7, 11) is 0. The molecule has 0 saturated heterocycles. The molecule has 124 valence electrons. The minimum Gasteiger partial charge on any atom is -0.484 e. The van der Waals surface area contributed by atoms with Gasteiger partial charge in [0.25, 0.3) is 5.91 Å². The molecule has 2 rings (SSSR count). The minimum absolute atomic E-state index is 0.0286. The van der Waals surface area contributed by atoms with Gasteiger partial charge in [-0.1, -0.05) is 19.9 Å². The lowest BCUT2D eigenvalue weighted by Gasteiger charge is -2.12. The third-order valence-corrected chi connectivity index (χ3v) is 3.74. The van der Waals surface area contributed by atoms with Crippen LogP contribution in [0.2, 0.25) is 0 Å². The van der Waals surface area contributed by atoms with E-state index in [-0.39, 0.29) is 19.1 Å². The van der Waals surface area contributed by atoms with Gasteiger partial charge in [-0.25, -0.2) is 4.98 Å². The molecule has 5 heteroatoms. The molecular formula is C18H24N2O3. The first-order chi connectivity index (χ1) is 10.9. The highest BCUT2D eigenvalue weighted by Gasteiger charge is 2.09. The summed E-state index contributed by atoms with van der Waals surface area (Å²) in [5, 5.41) is 2.73. The van der Waals surface area contributed by atoms with Crippen LogP contribution < -0.4 is 10.1 Å². The molecule has 1 heterocycles. The summed E-state index contributed by atoms with van der Waals surface area (Å²) in [6, 6.07) is 5.91. The van der Waals surface area contributed by atoms with Gasteiger partial charge in [0, 0.05) is 0 Å². The number of nitrogens with one attached hydrogen (secondary N) is 1. The topological polar surface area (TPSA) is 64.4 Å². The van der Waals surface area contributed by atoms with E-state index < -0.39 is 0 Å². The van der Waals surface area contributed by atoms with E-state index in [9.17, 15) is 4.79 Å². The van der Waals surface area contributed by atoms with Crippen molar-refractivity contribution in [3.05, 3.63) is 46.7 Å². The molecular weight excluding hydrogens is 292 g/mol. The van der Waals surface area contributed by atoms with Crippen LogP contribution in [0.3, 0.4) is 0 Å². The SMILES string of the molecule is Cc1cc(OCC(=O)NCc2nc(C)c(C)o2)ccc1C(C)C. The predicted octanol–water partition coefficient (Wildman–Crippen LogP) is 3.42. The first kappa shape index (κ1) is 17.1. The molecule has 1 N–H and O–H groups in total. The van der Waals surface area contributed by atoms with Crippen molar-refractivity contribution in [1.82, 2.24) is 10.3 Å².